The van der Waals surface area contributed by atoms with E-state index in [-0.39, 0.29) is 12.1 Å². The Hall–Kier alpha value is -0.170. The molecule has 0 aromatic heterocycles. The number of hydrogen-bond donors (Lipinski definition) is 1. The predicted molar refractivity (Wildman–Crippen MR) is 72.6 cm³/mol. The van der Waals surface area contributed by atoms with Gasteiger partial charge in [-0.05, 0) is 26.7 Å². The lowest BCUT2D eigenvalue weighted by atomic mass is 10.2. The van der Waals surface area contributed by atoms with E-state index in [1.807, 2.05) is 13.8 Å². The van der Waals surface area contributed by atoms with Gasteiger partial charge in [0.25, 0.3) is 10.2 Å². The van der Waals surface area contributed by atoms with Crippen molar-refractivity contribution in [2.45, 2.75) is 51.6 Å². The van der Waals surface area contributed by atoms with Crippen LogP contribution in [-0.4, -0.2) is 55.3 Å². The maximum absolute atomic E-state index is 12.6. The molecule has 0 spiro atoms. The fourth-order valence-corrected chi connectivity index (χ4v) is 4.77. The number of rotatable bonds is 2. The number of nitrogens with one attached hydrogen (secondary N) is 1. The van der Waals surface area contributed by atoms with Gasteiger partial charge in [0.15, 0.2) is 0 Å². The third-order valence-corrected chi connectivity index (χ3v) is 5.71. The molecule has 2 saturated heterocycles. The Kier molecular flexibility index (Phi) is 4.64. The summed E-state index contributed by atoms with van der Waals surface area (Å²) >= 11 is 0. The smallest absolute Gasteiger partial charge is 0.282 e. The zero-order chi connectivity index (χ0) is 13.2. The van der Waals surface area contributed by atoms with Crippen molar-refractivity contribution >= 4 is 10.2 Å². The van der Waals surface area contributed by atoms with Gasteiger partial charge in [0.1, 0.15) is 0 Å². The molecule has 2 atom stereocenters. The van der Waals surface area contributed by atoms with Crippen LogP contribution < -0.4 is 5.32 Å². The molecule has 2 unspecified atom stereocenters. The van der Waals surface area contributed by atoms with Gasteiger partial charge in [-0.3, -0.25) is 0 Å². The van der Waals surface area contributed by atoms with Crippen LogP contribution in [0.3, 0.4) is 0 Å². The van der Waals surface area contributed by atoms with E-state index < -0.39 is 10.2 Å². The summed E-state index contributed by atoms with van der Waals surface area (Å²) < 4.78 is 28.6. The van der Waals surface area contributed by atoms with Gasteiger partial charge in [0, 0.05) is 38.3 Å². The number of nitrogens with zero attached hydrogens (tertiary/aromatic N) is 2. The summed E-state index contributed by atoms with van der Waals surface area (Å²) in [6.07, 6.45) is 4.30. The van der Waals surface area contributed by atoms with Gasteiger partial charge in [-0.25, -0.2) is 0 Å². The number of piperazine rings is 1. The van der Waals surface area contributed by atoms with Gasteiger partial charge in [0.2, 0.25) is 0 Å². The Labute approximate surface area is 111 Å². The van der Waals surface area contributed by atoms with Crippen LogP contribution in [0.4, 0.5) is 0 Å². The van der Waals surface area contributed by atoms with Crippen LogP contribution in [0.1, 0.15) is 39.5 Å². The molecule has 2 fully saturated rings. The van der Waals surface area contributed by atoms with E-state index in [1.165, 1.54) is 0 Å². The van der Waals surface area contributed by atoms with E-state index in [0.717, 1.165) is 25.7 Å². The monoisotopic (exact) mass is 275 g/mol. The maximum Gasteiger partial charge on any atom is 0.282 e. The molecule has 0 amide bonds. The summed E-state index contributed by atoms with van der Waals surface area (Å²) in [5.74, 6) is 0. The molecule has 18 heavy (non-hydrogen) atoms. The third kappa shape index (κ3) is 3.23. The second kappa shape index (κ2) is 5.86. The molecule has 2 rings (SSSR count). The summed E-state index contributed by atoms with van der Waals surface area (Å²) in [6.45, 7) is 6.64. The van der Waals surface area contributed by atoms with Crippen molar-refractivity contribution in [3.05, 3.63) is 0 Å². The highest BCUT2D eigenvalue weighted by atomic mass is 32.2. The molecule has 0 aliphatic carbocycles. The van der Waals surface area contributed by atoms with Crippen molar-refractivity contribution in [1.82, 2.24) is 13.9 Å². The first-order valence-corrected chi connectivity index (χ1v) is 8.41. The maximum atomic E-state index is 12.6. The van der Waals surface area contributed by atoms with E-state index in [1.54, 1.807) is 8.61 Å². The van der Waals surface area contributed by atoms with Crippen molar-refractivity contribution in [3.63, 3.8) is 0 Å². The van der Waals surface area contributed by atoms with Gasteiger partial charge in [-0.2, -0.15) is 17.0 Å². The van der Waals surface area contributed by atoms with Crippen LogP contribution in [-0.2, 0) is 10.2 Å². The summed E-state index contributed by atoms with van der Waals surface area (Å²) in [6, 6.07) is 0.464. The SMILES string of the molecule is CC1CN(S(=O)(=O)N2CCCCCC2)CC(C)N1. The predicted octanol–water partition coefficient (Wildman–Crippen LogP) is 0.789. The van der Waals surface area contributed by atoms with Crippen molar-refractivity contribution in [1.29, 1.82) is 0 Å². The molecule has 6 heteroatoms. The van der Waals surface area contributed by atoms with Gasteiger partial charge < -0.3 is 5.32 Å². The van der Waals surface area contributed by atoms with Crippen molar-refractivity contribution in [2.75, 3.05) is 26.2 Å². The molecule has 0 bridgehead atoms. The molecular weight excluding hydrogens is 250 g/mol. The van der Waals surface area contributed by atoms with Gasteiger partial charge in [-0.15, -0.1) is 0 Å². The molecule has 0 aromatic carbocycles. The first-order chi connectivity index (χ1) is 8.50. The van der Waals surface area contributed by atoms with Crippen LogP contribution in [0.25, 0.3) is 0 Å². The first kappa shape index (κ1) is 14.2. The lowest BCUT2D eigenvalue weighted by Crippen LogP contribution is -2.58. The average Bonchev–Trinajstić information content (AvgIpc) is 2.56. The Morgan fingerprint density at radius 1 is 0.889 bits per heavy atom. The topological polar surface area (TPSA) is 52.7 Å². The molecule has 0 saturated carbocycles. The van der Waals surface area contributed by atoms with E-state index in [2.05, 4.69) is 5.32 Å². The van der Waals surface area contributed by atoms with E-state index in [4.69, 9.17) is 0 Å². The molecule has 2 heterocycles. The van der Waals surface area contributed by atoms with E-state index in [9.17, 15) is 8.42 Å². The zero-order valence-corrected chi connectivity index (χ0v) is 12.2. The average molecular weight is 275 g/mol. The van der Waals surface area contributed by atoms with Gasteiger partial charge in [-0.1, -0.05) is 12.8 Å². The molecule has 2 aliphatic rings. The van der Waals surface area contributed by atoms with E-state index >= 15 is 0 Å². The minimum atomic E-state index is -3.25. The molecule has 5 nitrogen and oxygen atoms in total. The summed E-state index contributed by atoms with van der Waals surface area (Å²) in [5.41, 5.74) is 0. The summed E-state index contributed by atoms with van der Waals surface area (Å²) in [5, 5.41) is 3.37. The Morgan fingerprint density at radius 2 is 1.39 bits per heavy atom. The van der Waals surface area contributed by atoms with E-state index in [0.29, 0.717) is 26.2 Å². The first-order valence-electron chi connectivity index (χ1n) is 7.01. The van der Waals surface area contributed by atoms with Crippen molar-refractivity contribution in [3.8, 4) is 0 Å². The van der Waals surface area contributed by atoms with Crippen LogP contribution in [0.5, 0.6) is 0 Å². The van der Waals surface area contributed by atoms with Crippen LogP contribution in [0.15, 0.2) is 0 Å². The highest BCUT2D eigenvalue weighted by molar-refractivity contribution is 7.86. The molecule has 0 radical (unpaired) electrons. The fourth-order valence-electron chi connectivity index (χ4n) is 2.90. The highest BCUT2D eigenvalue weighted by Gasteiger charge is 2.34. The molecule has 2 aliphatic heterocycles. The second-order valence-electron chi connectivity index (χ2n) is 5.61. The van der Waals surface area contributed by atoms with Crippen LogP contribution in [0.2, 0.25) is 0 Å². The normalized spacial score (nSPS) is 33.2. The van der Waals surface area contributed by atoms with Gasteiger partial charge >= 0.3 is 0 Å². The summed E-state index contributed by atoms with van der Waals surface area (Å²) in [7, 11) is -3.25. The van der Waals surface area contributed by atoms with Crippen molar-refractivity contribution < 1.29 is 8.42 Å². The molecule has 0 aromatic rings. The lowest BCUT2D eigenvalue weighted by Gasteiger charge is -2.37. The minimum absolute atomic E-state index is 0.232. The van der Waals surface area contributed by atoms with Crippen LogP contribution in [0, 0.1) is 0 Å². The standard InChI is InChI=1S/C12H25N3O2S/c1-11-9-15(10-12(2)13-11)18(16,17)14-7-5-3-4-6-8-14/h11-13H,3-10H2,1-2H3. The third-order valence-electron chi connectivity index (χ3n) is 3.74. The fraction of sp³-hybridized carbons (Fsp3) is 1.00. The second-order valence-corrected chi connectivity index (χ2v) is 7.54. The highest BCUT2D eigenvalue weighted by Crippen LogP contribution is 2.18. The number of hydrogen-bond acceptors (Lipinski definition) is 3. The lowest BCUT2D eigenvalue weighted by molar-refractivity contribution is 0.244. The molecule has 1 N–H and O–H groups in total. The van der Waals surface area contributed by atoms with Crippen molar-refractivity contribution in [2.24, 2.45) is 0 Å². The van der Waals surface area contributed by atoms with Crippen LogP contribution >= 0.6 is 0 Å². The Balaban J connectivity index is 2.08. The largest absolute Gasteiger partial charge is 0.309 e. The molecular formula is C12H25N3O2S. The Morgan fingerprint density at radius 3 is 1.89 bits per heavy atom. The minimum Gasteiger partial charge on any atom is -0.309 e. The quantitative estimate of drug-likeness (QED) is 0.810. The zero-order valence-electron chi connectivity index (χ0n) is 11.4. The molecule has 106 valence electrons. The summed E-state index contributed by atoms with van der Waals surface area (Å²) in [4.78, 5) is 0. The Bertz CT molecular complexity index is 354. The van der Waals surface area contributed by atoms with Gasteiger partial charge in [0.05, 0.1) is 0 Å².